The number of hydrogen-bond donors (Lipinski definition) is 3. The van der Waals surface area contributed by atoms with Crippen LogP contribution in [0.25, 0.3) is 0 Å². The van der Waals surface area contributed by atoms with Gasteiger partial charge in [-0.1, -0.05) is 38.5 Å². The molecule has 53 heavy (non-hydrogen) atoms. The topological polar surface area (TPSA) is 220 Å². The van der Waals surface area contributed by atoms with Gasteiger partial charge >= 0.3 is 0 Å². The van der Waals surface area contributed by atoms with E-state index < -0.39 is 43.0 Å². The van der Waals surface area contributed by atoms with Gasteiger partial charge in [-0.2, -0.15) is 4.58 Å². The molecule has 288 valence electrons. The van der Waals surface area contributed by atoms with Gasteiger partial charge in [0, 0.05) is 60.4 Å². The molecule has 15 heteroatoms. The normalized spacial score (nSPS) is 17.9. The maximum atomic E-state index is 12.4. The summed E-state index contributed by atoms with van der Waals surface area (Å²) < 4.78 is 72.7. The van der Waals surface area contributed by atoms with Crippen molar-refractivity contribution < 1.29 is 45.8 Å². The van der Waals surface area contributed by atoms with Crippen LogP contribution >= 0.6 is 0 Å². The fourth-order valence-electron chi connectivity index (χ4n) is 7.09. The number of unbranched alkanes of at least 4 members (excludes halogenated alkanes) is 3. The van der Waals surface area contributed by atoms with Gasteiger partial charge in [0.2, 0.25) is 11.6 Å². The number of nitrogens with one attached hydrogen (secondary N) is 1. The molecule has 0 radical (unpaired) electrons. The highest BCUT2D eigenvalue weighted by molar-refractivity contribution is 7.86. The first kappa shape index (κ1) is 41.6. The van der Waals surface area contributed by atoms with E-state index in [2.05, 4.69) is 16.0 Å². The molecule has 2 heterocycles. The molecule has 0 bridgehead atoms. The Bertz CT molecular complexity index is 2080. The molecule has 0 spiro atoms. The molecule has 2 aromatic carbocycles. The summed E-state index contributed by atoms with van der Waals surface area (Å²) in [5.41, 5.74) is 12.7. The molecule has 0 saturated heterocycles. The number of carbonyl (C=O) groups excluding carboxylic acids is 2. The molecule has 13 nitrogen and oxygen atoms in total. The lowest BCUT2D eigenvalue weighted by molar-refractivity contribution is -0.404. The number of nitrogens with two attached hydrogens (primary N) is 1. The summed E-state index contributed by atoms with van der Waals surface area (Å²) in [6.07, 6.45) is 14.3. The smallest absolute Gasteiger partial charge is 0.275 e. The van der Waals surface area contributed by atoms with Crippen LogP contribution in [0.3, 0.4) is 0 Å². The highest BCUT2D eigenvalue weighted by Gasteiger charge is 2.43. The SMILES string of the molecule is C[N+]1=C(/C=C/C=C/C=C2/N(CCCCCC(=O)NCCCC[C@@H]([NH3+])C(N)=O)c3ccc(S(=O)(=O)[O-])cc3C2(C)C)C(C)(C)c2cc(S(=O)(=O)[O-])ccc21. The van der Waals surface area contributed by atoms with E-state index in [1.165, 1.54) is 24.3 Å². The van der Waals surface area contributed by atoms with E-state index in [-0.39, 0.29) is 15.7 Å². The van der Waals surface area contributed by atoms with Crippen molar-refractivity contribution in [3.63, 3.8) is 0 Å². The number of allylic oxidation sites excluding steroid dienone is 6. The van der Waals surface area contributed by atoms with Crippen LogP contribution in [0.15, 0.2) is 82.3 Å². The zero-order valence-corrected chi connectivity index (χ0v) is 32.7. The van der Waals surface area contributed by atoms with Crippen LogP contribution < -0.4 is 21.7 Å². The van der Waals surface area contributed by atoms with Crippen LogP contribution in [-0.2, 0) is 40.7 Å². The Labute approximate surface area is 313 Å². The van der Waals surface area contributed by atoms with Gasteiger partial charge < -0.3 is 30.8 Å². The number of primary amides is 1. The third kappa shape index (κ3) is 9.70. The standard InChI is InChI=1S/C38H51N5O8S2/c1-37(2)28-24-26(52(46,47)48)18-20-31(28)42(5)33(37)15-8-6-9-16-34-38(3,4)29-25-27(53(49,50)51)19-21-32(29)43(34)23-13-7-10-17-35(44)41-22-12-11-14-30(39)36(40)45/h6,8-9,15-16,18-21,24-25,30H,7,10-14,17,22-23,39H2,1-5H3,(H4-,40,41,44,45,46,47,48,49,50,51)/t30-/m1/s1. The highest BCUT2D eigenvalue weighted by atomic mass is 32.2. The van der Waals surface area contributed by atoms with Crippen LogP contribution in [0, 0.1) is 0 Å². The van der Waals surface area contributed by atoms with Gasteiger partial charge in [0.15, 0.2) is 11.8 Å². The molecule has 1 atom stereocenters. The molecule has 6 N–H and O–H groups in total. The van der Waals surface area contributed by atoms with Crippen LogP contribution in [0.2, 0.25) is 0 Å². The van der Waals surface area contributed by atoms with Crippen LogP contribution in [-0.4, -0.2) is 74.2 Å². The Morgan fingerprint density at radius 2 is 1.53 bits per heavy atom. The van der Waals surface area contributed by atoms with Crippen LogP contribution in [0.1, 0.15) is 83.8 Å². The molecule has 2 aliphatic heterocycles. The molecule has 2 aliphatic rings. The Morgan fingerprint density at radius 3 is 2.17 bits per heavy atom. The minimum absolute atomic E-state index is 0.0294. The molecule has 0 aromatic heterocycles. The summed E-state index contributed by atoms with van der Waals surface area (Å²) in [4.78, 5) is 25.0. The first-order chi connectivity index (χ1) is 24.7. The number of nitrogens with zero attached hydrogens (tertiary/aromatic N) is 2. The summed E-state index contributed by atoms with van der Waals surface area (Å²) in [5, 5.41) is 2.92. The monoisotopic (exact) mass is 769 g/mol. The summed E-state index contributed by atoms with van der Waals surface area (Å²) in [5.74, 6) is -0.453. The van der Waals surface area contributed by atoms with Gasteiger partial charge in [-0.05, 0) is 81.5 Å². The molecular weight excluding hydrogens is 719 g/mol. The first-order valence-electron chi connectivity index (χ1n) is 17.7. The second-order valence-corrected chi connectivity index (χ2v) is 17.4. The van der Waals surface area contributed by atoms with Crippen molar-refractivity contribution in [1.82, 2.24) is 5.32 Å². The average molecular weight is 770 g/mol. The van der Waals surface area contributed by atoms with Gasteiger partial charge in [-0.3, -0.25) is 9.59 Å². The minimum Gasteiger partial charge on any atom is -0.744 e. The molecule has 0 saturated carbocycles. The van der Waals surface area contributed by atoms with E-state index in [4.69, 9.17) is 5.73 Å². The molecule has 2 aromatic rings. The fourth-order valence-corrected chi connectivity index (χ4v) is 8.08. The predicted molar refractivity (Wildman–Crippen MR) is 201 cm³/mol. The van der Waals surface area contributed by atoms with E-state index in [9.17, 15) is 35.5 Å². The van der Waals surface area contributed by atoms with E-state index in [0.29, 0.717) is 32.4 Å². The van der Waals surface area contributed by atoms with Crippen molar-refractivity contribution in [3.8, 4) is 0 Å². The van der Waals surface area contributed by atoms with Crippen molar-refractivity contribution in [2.24, 2.45) is 5.73 Å². The molecule has 2 amide bonds. The summed E-state index contributed by atoms with van der Waals surface area (Å²) in [6, 6.07) is 8.46. The van der Waals surface area contributed by atoms with Gasteiger partial charge in [0.25, 0.3) is 5.91 Å². The summed E-state index contributed by atoms with van der Waals surface area (Å²) >= 11 is 0. The van der Waals surface area contributed by atoms with Gasteiger partial charge in [0.1, 0.15) is 27.3 Å². The lowest BCUT2D eigenvalue weighted by Gasteiger charge is -2.27. The van der Waals surface area contributed by atoms with Gasteiger partial charge in [0.05, 0.1) is 15.2 Å². The number of quaternary nitrogens is 1. The number of carbonyl (C=O) groups is 2. The molecule has 0 aliphatic carbocycles. The molecule has 0 unspecified atom stereocenters. The van der Waals surface area contributed by atoms with Crippen molar-refractivity contribution in [2.75, 3.05) is 25.0 Å². The molecule has 4 rings (SSSR count). The average Bonchev–Trinajstić information content (AvgIpc) is 3.40. The lowest BCUT2D eigenvalue weighted by Crippen LogP contribution is -2.66. The highest BCUT2D eigenvalue weighted by Crippen LogP contribution is 2.48. The minimum atomic E-state index is -4.66. The van der Waals surface area contributed by atoms with Crippen LogP contribution in [0.4, 0.5) is 11.4 Å². The van der Waals surface area contributed by atoms with Gasteiger partial charge in [-0.25, -0.2) is 16.8 Å². The number of anilines is 1. The Balaban J connectivity index is 1.44. The first-order valence-corrected chi connectivity index (χ1v) is 20.5. The number of fused-ring (bicyclic) bond motifs is 2. The van der Waals surface area contributed by atoms with Crippen LogP contribution in [0.5, 0.6) is 0 Å². The number of benzene rings is 2. The third-order valence-corrected chi connectivity index (χ3v) is 11.8. The Hall–Kier alpha value is -4.15. The summed E-state index contributed by atoms with van der Waals surface area (Å²) in [6.45, 7) is 9.04. The predicted octanol–water partition coefficient (Wildman–Crippen LogP) is 3.24. The molecule has 0 fully saturated rings. The Kier molecular flexibility index (Phi) is 12.9. The zero-order valence-electron chi connectivity index (χ0n) is 31.1. The second-order valence-electron chi connectivity index (χ2n) is 14.7. The fraction of sp³-hybridized carbons (Fsp3) is 0.447. The largest absolute Gasteiger partial charge is 0.744 e. The number of amides is 2. The maximum Gasteiger partial charge on any atom is 0.275 e. The van der Waals surface area contributed by atoms with Crippen molar-refractivity contribution in [3.05, 3.63) is 83.6 Å². The zero-order chi connectivity index (χ0) is 39.4. The van der Waals surface area contributed by atoms with Crippen molar-refractivity contribution in [1.29, 1.82) is 0 Å². The molecular formula is C38H51N5O8S2. The number of rotatable bonds is 17. The van der Waals surface area contributed by atoms with E-state index >= 15 is 0 Å². The van der Waals surface area contributed by atoms with Gasteiger partial charge in [-0.15, -0.1) is 0 Å². The van der Waals surface area contributed by atoms with E-state index in [0.717, 1.165) is 59.6 Å². The lowest BCUT2D eigenvalue weighted by atomic mass is 9.81. The quantitative estimate of drug-likeness (QED) is 0.0929. The van der Waals surface area contributed by atoms with E-state index in [1.54, 1.807) is 12.1 Å². The van der Waals surface area contributed by atoms with Crippen molar-refractivity contribution >= 4 is 49.1 Å². The van der Waals surface area contributed by atoms with E-state index in [1.807, 2.05) is 69.7 Å². The van der Waals surface area contributed by atoms with Crippen molar-refractivity contribution in [2.45, 2.75) is 99.3 Å². The number of hydrogen-bond acceptors (Lipinski definition) is 9. The maximum absolute atomic E-state index is 12.4. The third-order valence-electron chi connectivity index (χ3n) is 10.2. The second kappa shape index (κ2) is 16.5. The summed E-state index contributed by atoms with van der Waals surface area (Å²) in [7, 11) is -7.37. The Morgan fingerprint density at radius 1 is 0.887 bits per heavy atom.